The minimum Gasteiger partial charge on any atom is -0.391 e. The standard InChI is InChI=1S/C30H32N2O5.H2/c1-3-20-8-10-21(11-9-20)22-12-14-23(15-13-22)30(37)32-17-25-7-5-4-6-24(25)16-26(32)29(36)31-28(19(2)34)27(35)18-33;/h4-15,19,26,28,33-34H,3,16-18H2,1-2H3,(H,31,36);1H/t19-,26+,28+;/m1./s1. The summed E-state index contributed by atoms with van der Waals surface area (Å²) in [4.78, 5) is 40.6. The smallest absolute Gasteiger partial charge is 0.254 e. The molecule has 3 atom stereocenters. The van der Waals surface area contributed by atoms with Gasteiger partial charge < -0.3 is 20.4 Å². The van der Waals surface area contributed by atoms with Crippen LogP contribution >= 0.6 is 0 Å². The Morgan fingerprint density at radius 3 is 2.14 bits per heavy atom. The largest absolute Gasteiger partial charge is 0.391 e. The van der Waals surface area contributed by atoms with Gasteiger partial charge in [0, 0.05) is 20.0 Å². The van der Waals surface area contributed by atoms with Crippen molar-refractivity contribution in [3.8, 4) is 11.1 Å². The van der Waals surface area contributed by atoms with Gasteiger partial charge >= 0.3 is 0 Å². The maximum atomic E-state index is 13.7. The molecule has 2 amide bonds. The molecule has 7 heteroatoms. The molecular weight excluding hydrogens is 468 g/mol. The number of carbonyl (C=O) groups excluding carboxylic acids is 3. The maximum Gasteiger partial charge on any atom is 0.254 e. The molecule has 3 aromatic rings. The first-order valence-electron chi connectivity index (χ1n) is 12.5. The molecule has 194 valence electrons. The Morgan fingerprint density at radius 1 is 0.973 bits per heavy atom. The lowest BCUT2D eigenvalue weighted by Gasteiger charge is -2.37. The fourth-order valence-corrected chi connectivity index (χ4v) is 4.69. The van der Waals surface area contributed by atoms with Gasteiger partial charge in [-0.15, -0.1) is 0 Å². The number of aliphatic hydroxyl groups is 2. The zero-order valence-electron chi connectivity index (χ0n) is 21.1. The van der Waals surface area contributed by atoms with E-state index in [4.69, 9.17) is 0 Å². The maximum absolute atomic E-state index is 13.7. The summed E-state index contributed by atoms with van der Waals surface area (Å²) in [7, 11) is 0. The number of aliphatic hydroxyl groups excluding tert-OH is 2. The topological polar surface area (TPSA) is 107 Å². The first-order chi connectivity index (χ1) is 17.8. The summed E-state index contributed by atoms with van der Waals surface area (Å²) in [6.45, 7) is 2.91. The third-order valence-corrected chi connectivity index (χ3v) is 6.92. The van der Waals surface area contributed by atoms with E-state index in [1.807, 2.05) is 36.4 Å². The van der Waals surface area contributed by atoms with Crippen molar-refractivity contribution in [2.75, 3.05) is 6.61 Å². The molecule has 37 heavy (non-hydrogen) atoms. The second kappa shape index (κ2) is 11.5. The molecule has 1 heterocycles. The predicted molar refractivity (Wildman–Crippen MR) is 143 cm³/mol. The van der Waals surface area contributed by atoms with Crippen molar-refractivity contribution >= 4 is 17.6 Å². The van der Waals surface area contributed by atoms with Crippen LogP contribution in [0.4, 0.5) is 0 Å². The SMILES string of the molecule is CCc1ccc(-c2ccc(C(=O)N3Cc4ccccc4C[C@H]3C(=O)N[C@H](C(=O)CO)[C@@H](C)O)cc2)cc1.[HH]. The molecule has 7 nitrogen and oxygen atoms in total. The van der Waals surface area contributed by atoms with E-state index in [1.165, 1.54) is 17.4 Å². The van der Waals surface area contributed by atoms with Gasteiger partial charge in [0.05, 0.1) is 6.10 Å². The molecule has 0 aromatic heterocycles. The van der Waals surface area contributed by atoms with Gasteiger partial charge in [0.15, 0.2) is 5.78 Å². The van der Waals surface area contributed by atoms with Crippen LogP contribution in [0.5, 0.6) is 0 Å². The second-order valence-corrected chi connectivity index (χ2v) is 9.40. The average Bonchev–Trinajstić information content (AvgIpc) is 2.94. The van der Waals surface area contributed by atoms with Crippen LogP contribution in [-0.4, -0.2) is 57.5 Å². The fourth-order valence-electron chi connectivity index (χ4n) is 4.69. The van der Waals surface area contributed by atoms with Gasteiger partial charge in [0.25, 0.3) is 5.91 Å². The minimum absolute atomic E-state index is 0. The van der Waals surface area contributed by atoms with Gasteiger partial charge in [-0.3, -0.25) is 14.4 Å². The lowest BCUT2D eigenvalue weighted by atomic mass is 9.92. The van der Waals surface area contributed by atoms with Crippen molar-refractivity contribution in [3.05, 3.63) is 95.1 Å². The summed E-state index contributed by atoms with van der Waals surface area (Å²) >= 11 is 0. The molecule has 3 N–H and O–H groups in total. The van der Waals surface area contributed by atoms with Crippen molar-refractivity contribution in [1.82, 2.24) is 10.2 Å². The minimum atomic E-state index is -1.26. The molecule has 4 rings (SSSR count). The molecule has 0 bridgehead atoms. The Balaban J connectivity index is 0.00000400. The highest BCUT2D eigenvalue weighted by Crippen LogP contribution is 2.27. The highest BCUT2D eigenvalue weighted by Gasteiger charge is 2.37. The van der Waals surface area contributed by atoms with E-state index in [2.05, 4.69) is 36.5 Å². The van der Waals surface area contributed by atoms with E-state index in [0.717, 1.165) is 28.7 Å². The van der Waals surface area contributed by atoms with E-state index in [0.29, 0.717) is 5.56 Å². The molecule has 0 saturated carbocycles. The molecule has 0 radical (unpaired) electrons. The van der Waals surface area contributed by atoms with Gasteiger partial charge in [-0.25, -0.2) is 0 Å². The zero-order valence-corrected chi connectivity index (χ0v) is 21.1. The highest BCUT2D eigenvalue weighted by atomic mass is 16.3. The number of Topliss-reactive ketones (excluding diaryl/α,β-unsaturated/α-hetero) is 1. The second-order valence-electron chi connectivity index (χ2n) is 9.40. The van der Waals surface area contributed by atoms with Gasteiger partial charge in [0.2, 0.25) is 5.91 Å². The van der Waals surface area contributed by atoms with Crippen LogP contribution in [0.3, 0.4) is 0 Å². The number of nitrogens with one attached hydrogen (secondary N) is 1. The summed E-state index contributed by atoms with van der Waals surface area (Å²) in [5.74, 6) is -1.55. The van der Waals surface area contributed by atoms with Crippen LogP contribution < -0.4 is 5.32 Å². The summed E-state index contributed by atoms with van der Waals surface area (Å²) < 4.78 is 0. The van der Waals surface area contributed by atoms with Gasteiger partial charge in [0.1, 0.15) is 18.7 Å². The normalized spacial score (nSPS) is 16.4. The third kappa shape index (κ3) is 5.79. The fraction of sp³-hybridized carbons (Fsp3) is 0.300. The molecule has 3 aromatic carbocycles. The Hall–Kier alpha value is -3.81. The number of ketones is 1. The number of hydrogen-bond acceptors (Lipinski definition) is 5. The van der Waals surface area contributed by atoms with E-state index in [-0.39, 0.29) is 20.3 Å². The van der Waals surface area contributed by atoms with Crippen molar-refractivity contribution in [2.45, 2.75) is 51.4 Å². The first-order valence-corrected chi connectivity index (χ1v) is 12.5. The molecule has 0 saturated heterocycles. The molecular formula is C30H34N2O5. The van der Waals surface area contributed by atoms with Crippen molar-refractivity contribution in [1.29, 1.82) is 0 Å². The lowest BCUT2D eigenvalue weighted by molar-refractivity contribution is -0.134. The Kier molecular flexibility index (Phi) is 8.16. The average molecular weight is 503 g/mol. The van der Waals surface area contributed by atoms with Crippen molar-refractivity contribution < 1.29 is 26.0 Å². The van der Waals surface area contributed by atoms with Gasteiger partial charge in [-0.2, -0.15) is 0 Å². The number of fused-ring (bicyclic) bond motifs is 1. The number of rotatable bonds is 8. The Bertz CT molecular complexity index is 1270. The van der Waals surface area contributed by atoms with Gasteiger partial charge in [-0.1, -0.05) is 67.6 Å². The number of benzene rings is 3. The van der Waals surface area contributed by atoms with Crippen LogP contribution in [0, 0.1) is 0 Å². The van der Waals surface area contributed by atoms with E-state index in [9.17, 15) is 24.6 Å². The first kappa shape index (κ1) is 26.3. The van der Waals surface area contributed by atoms with Crippen LogP contribution in [0.1, 0.15) is 42.3 Å². The van der Waals surface area contributed by atoms with Crippen LogP contribution in [-0.2, 0) is 29.0 Å². The number of amides is 2. The predicted octanol–water partition coefficient (Wildman–Crippen LogP) is 3.16. The highest BCUT2D eigenvalue weighted by molar-refractivity contribution is 5.99. The van der Waals surface area contributed by atoms with Crippen LogP contribution in [0.25, 0.3) is 11.1 Å². The third-order valence-electron chi connectivity index (χ3n) is 6.92. The Labute approximate surface area is 218 Å². The van der Waals surface area contributed by atoms with E-state index >= 15 is 0 Å². The number of hydrogen-bond donors (Lipinski definition) is 3. The number of carbonyl (C=O) groups is 3. The van der Waals surface area contributed by atoms with Gasteiger partial charge in [-0.05, 0) is 53.3 Å². The van der Waals surface area contributed by atoms with Crippen LogP contribution in [0.2, 0.25) is 0 Å². The molecule has 1 aliphatic heterocycles. The lowest BCUT2D eigenvalue weighted by Crippen LogP contribution is -2.57. The van der Waals surface area contributed by atoms with Crippen molar-refractivity contribution in [3.63, 3.8) is 0 Å². The Morgan fingerprint density at radius 2 is 1.57 bits per heavy atom. The number of aryl methyl sites for hydroxylation is 1. The van der Waals surface area contributed by atoms with E-state index < -0.39 is 36.5 Å². The molecule has 0 spiro atoms. The van der Waals surface area contributed by atoms with Crippen LogP contribution in [0.15, 0.2) is 72.8 Å². The molecule has 0 aliphatic carbocycles. The monoisotopic (exact) mass is 502 g/mol. The number of nitrogens with zero attached hydrogens (tertiary/aromatic N) is 1. The van der Waals surface area contributed by atoms with Crippen molar-refractivity contribution in [2.24, 2.45) is 0 Å². The summed E-state index contributed by atoms with van der Waals surface area (Å²) in [5.41, 5.74) is 5.64. The molecule has 1 aliphatic rings. The summed E-state index contributed by atoms with van der Waals surface area (Å²) in [5, 5.41) is 21.8. The zero-order chi connectivity index (χ0) is 26.5. The molecule has 0 fully saturated rings. The quantitative estimate of drug-likeness (QED) is 0.439. The summed E-state index contributed by atoms with van der Waals surface area (Å²) in [6, 6.07) is 21.1. The summed E-state index contributed by atoms with van der Waals surface area (Å²) in [6.07, 6.45) is 0.0470. The van der Waals surface area contributed by atoms with E-state index in [1.54, 1.807) is 12.1 Å². The molecule has 0 unspecified atom stereocenters.